The lowest BCUT2D eigenvalue weighted by Crippen LogP contribution is -2.19. The first-order valence-corrected chi connectivity index (χ1v) is 4.74. The van der Waals surface area contributed by atoms with Gasteiger partial charge in [0.25, 0.3) is 0 Å². The van der Waals surface area contributed by atoms with Crippen molar-refractivity contribution in [2.75, 3.05) is 13.1 Å². The van der Waals surface area contributed by atoms with Crippen LogP contribution in [0.25, 0.3) is 0 Å². The number of nitrogens with zero attached hydrogens (tertiary/aromatic N) is 1. The summed E-state index contributed by atoms with van der Waals surface area (Å²) in [5.74, 6) is 0. The van der Waals surface area contributed by atoms with Crippen LogP contribution in [0.4, 0.5) is 0 Å². The smallest absolute Gasteiger partial charge is 0.247 e. The molecule has 0 aliphatic carbocycles. The summed E-state index contributed by atoms with van der Waals surface area (Å²) in [7, 11) is 0. The van der Waals surface area contributed by atoms with E-state index in [0.717, 1.165) is 6.54 Å². The maximum Gasteiger partial charge on any atom is 0.247 e. The number of hydrogen-bond acceptors (Lipinski definition) is 2. The van der Waals surface area contributed by atoms with Crippen molar-refractivity contribution in [3.05, 3.63) is 34.2 Å². The molecule has 0 radical (unpaired) electrons. The Balaban J connectivity index is 2.00. The third-order valence-corrected chi connectivity index (χ3v) is 2.45. The first kappa shape index (κ1) is 8.51. The minimum Gasteiger partial charge on any atom is -0.329 e. The van der Waals surface area contributed by atoms with Crippen molar-refractivity contribution >= 4 is 0 Å². The van der Waals surface area contributed by atoms with Gasteiger partial charge >= 0.3 is 0 Å². The first-order valence-electron chi connectivity index (χ1n) is 4.74. The topological polar surface area (TPSA) is 36.1 Å². The number of aromatic amines is 1. The van der Waals surface area contributed by atoms with Gasteiger partial charge in [0.15, 0.2) is 0 Å². The predicted octanol–water partition coefficient (Wildman–Crippen LogP) is 0.971. The molecule has 0 amide bonds. The monoisotopic (exact) mass is 178 g/mol. The Kier molecular flexibility index (Phi) is 2.45. The Hall–Kier alpha value is -1.09. The van der Waals surface area contributed by atoms with Gasteiger partial charge in [0.2, 0.25) is 5.56 Å². The zero-order valence-corrected chi connectivity index (χ0v) is 7.62. The van der Waals surface area contributed by atoms with E-state index in [4.69, 9.17) is 0 Å². The second kappa shape index (κ2) is 3.75. The summed E-state index contributed by atoms with van der Waals surface area (Å²) in [6.45, 7) is 3.36. The largest absolute Gasteiger partial charge is 0.329 e. The fraction of sp³-hybridized carbons (Fsp3) is 0.500. The van der Waals surface area contributed by atoms with Crippen LogP contribution in [0.5, 0.6) is 0 Å². The van der Waals surface area contributed by atoms with Crippen LogP contribution in [0.15, 0.2) is 23.1 Å². The molecule has 0 spiro atoms. The molecule has 1 fully saturated rings. The number of likely N-dealkylation sites (tertiary alicyclic amines) is 1. The highest BCUT2D eigenvalue weighted by molar-refractivity contribution is 5.08. The van der Waals surface area contributed by atoms with Gasteiger partial charge in [-0.3, -0.25) is 9.69 Å². The van der Waals surface area contributed by atoms with Gasteiger partial charge in [0.05, 0.1) is 0 Å². The number of nitrogens with one attached hydrogen (secondary N) is 1. The lowest BCUT2D eigenvalue weighted by atomic mass is 10.3. The van der Waals surface area contributed by atoms with E-state index in [0.29, 0.717) is 0 Å². The standard InChI is InChI=1S/C10H14N2O/c13-10-4-3-9(7-11-10)8-12-5-1-2-6-12/h3-4,7H,1-2,5-6,8H2,(H,11,13). The van der Waals surface area contributed by atoms with Crippen molar-refractivity contribution in [1.29, 1.82) is 0 Å². The van der Waals surface area contributed by atoms with Crippen LogP contribution in [-0.4, -0.2) is 23.0 Å². The summed E-state index contributed by atoms with van der Waals surface area (Å²) < 4.78 is 0. The zero-order chi connectivity index (χ0) is 9.10. The average Bonchev–Trinajstić information content (AvgIpc) is 2.62. The van der Waals surface area contributed by atoms with Crippen LogP contribution >= 0.6 is 0 Å². The van der Waals surface area contributed by atoms with Crippen molar-refractivity contribution in [2.24, 2.45) is 0 Å². The highest BCUT2D eigenvalue weighted by Gasteiger charge is 2.11. The van der Waals surface area contributed by atoms with Crippen LogP contribution in [0, 0.1) is 0 Å². The van der Waals surface area contributed by atoms with E-state index in [1.807, 2.05) is 6.07 Å². The second-order valence-electron chi connectivity index (χ2n) is 3.54. The molecule has 1 aromatic heterocycles. The van der Waals surface area contributed by atoms with E-state index < -0.39 is 0 Å². The normalized spacial score (nSPS) is 17.8. The van der Waals surface area contributed by atoms with E-state index in [9.17, 15) is 4.79 Å². The molecule has 13 heavy (non-hydrogen) atoms. The van der Waals surface area contributed by atoms with Crippen LogP contribution < -0.4 is 5.56 Å². The Morgan fingerprint density at radius 1 is 1.31 bits per heavy atom. The fourth-order valence-corrected chi connectivity index (χ4v) is 1.74. The van der Waals surface area contributed by atoms with E-state index in [1.165, 1.54) is 31.5 Å². The molecule has 1 saturated heterocycles. The summed E-state index contributed by atoms with van der Waals surface area (Å²) in [6, 6.07) is 3.49. The van der Waals surface area contributed by atoms with Gasteiger partial charge in [0, 0.05) is 18.8 Å². The highest BCUT2D eigenvalue weighted by atomic mass is 16.1. The number of hydrogen-bond donors (Lipinski definition) is 1. The molecule has 0 bridgehead atoms. The fourth-order valence-electron chi connectivity index (χ4n) is 1.74. The lowest BCUT2D eigenvalue weighted by molar-refractivity contribution is 0.331. The molecular formula is C10H14N2O. The average molecular weight is 178 g/mol. The van der Waals surface area contributed by atoms with Crippen molar-refractivity contribution in [1.82, 2.24) is 9.88 Å². The van der Waals surface area contributed by atoms with Gasteiger partial charge in [-0.25, -0.2) is 0 Å². The van der Waals surface area contributed by atoms with Crippen LogP contribution in [-0.2, 0) is 6.54 Å². The maximum absolute atomic E-state index is 10.8. The van der Waals surface area contributed by atoms with E-state index in [1.54, 1.807) is 12.3 Å². The van der Waals surface area contributed by atoms with Crippen molar-refractivity contribution in [3.8, 4) is 0 Å². The molecule has 0 saturated carbocycles. The number of rotatable bonds is 2. The molecule has 3 nitrogen and oxygen atoms in total. The molecule has 1 aliphatic rings. The van der Waals surface area contributed by atoms with Gasteiger partial charge < -0.3 is 4.98 Å². The maximum atomic E-state index is 10.8. The molecule has 2 rings (SSSR count). The third kappa shape index (κ3) is 2.18. The molecule has 0 unspecified atom stereocenters. The lowest BCUT2D eigenvalue weighted by Gasteiger charge is -2.13. The Morgan fingerprint density at radius 3 is 2.69 bits per heavy atom. The SMILES string of the molecule is O=c1ccc(CN2CCCC2)c[nH]1. The highest BCUT2D eigenvalue weighted by Crippen LogP contribution is 2.10. The Morgan fingerprint density at radius 2 is 2.08 bits per heavy atom. The molecule has 0 atom stereocenters. The predicted molar refractivity (Wildman–Crippen MR) is 51.6 cm³/mol. The minimum atomic E-state index is -0.0230. The van der Waals surface area contributed by atoms with Gasteiger partial charge in [-0.1, -0.05) is 6.07 Å². The summed E-state index contributed by atoms with van der Waals surface area (Å²) in [5, 5.41) is 0. The molecule has 3 heteroatoms. The van der Waals surface area contributed by atoms with Gasteiger partial charge in [-0.2, -0.15) is 0 Å². The molecule has 0 aromatic carbocycles. The summed E-state index contributed by atoms with van der Waals surface area (Å²) in [5.41, 5.74) is 1.17. The molecule has 1 aromatic rings. The quantitative estimate of drug-likeness (QED) is 0.732. The van der Waals surface area contributed by atoms with Gasteiger partial charge in [-0.05, 0) is 31.5 Å². The Labute approximate surface area is 77.4 Å². The van der Waals surface area contributed by atoms with Crippen molar-refractivity contribution in [2.45, 2.75) is 19.4 Å². The molecule has 1 N–H and O–H groups in total. The van der Waals surface area contributed by atoms with Gasteiger partial charge in [0.1, 0.15) is 0 Å². The summed E-state index contributed by atoms with van der Waals surface area (Å²) in [4.78, 5) is 15.9. The van der Waals surface area contributed by atoms with E-state index in [-0.39, 0.29) is 5.56 Å². The summed E-state index contributed by atoms with van der Waals surface area (Å²) in [6.07, 6.45) is 4.42. The molecule has 2 heterocycles. The Bertz CT molecular complexity index is 305. The van der Waals surface area contributed by atoms with Crippen molar-refractivity contribution in [3.63, 3.8) is 0 Å². The van der Waals surface area contributed by atoms with Crippen molar-refractivity contribution < 1.29 is 0 Å². The minimum absolute atomic E-state index is 0.0230. The number of H-pyrrole nitrogens is 1. The number of pyridine rings is 1. The van der Waals surface area contributed by atoms with Crippen LogP contribution in [0.2, 0.25) is 0 Å². The molecular weight excluding hydrogens is 164 g/mol. The molecule has 70 valence electrons. The summed E-state index contributed by atoms with van der Waals surface area (Å²) >= 11 is 0. The van der Waals surface area contributed by atoms with Crippen LogP contribution in [0.1, 0.15) is 18.4 Å². The van der Waals surface area contributed by atoms with Crippen LogP contribution in [0.3, 0.4) is 0 Å². The number of aromatic nitrogens is 1. The zero-order valence-electron chi connectivity index (χ0n) is 7.62. The second-order valence-corrected chi connectivity index (χ2v) is 3.54. The first-order chi connectivity index (χ1) is 6.34. The molecule has 1 aliphatic heterocycles. The van der Waals surface area contributed by atoms with Gasteiger partial charge in [-0.15, -0.1) is 0 Å². The third-order valence-electron chi connectivity index (χ3n) is 2.45. The van der Waals surface area contributed by atoms with E-state index in [2.05, 4.69) is 9.88 Å². The van der Waals surface area contributed by atoms with E-state index >= 15 is 0 Å².